The van der Waals surface area contributed by atoms with Crippen molar-refractivity contribution in [1.29, 1.82) is 0 Å². The van der Waals surface area contributed by atoms with Crippen LogP contribution in [0.1, 0.15) is 38.2 Å². The summed E-state index contributed by atoms with van der Waals surface area (Å²) in [6.07, 6.45) is 5.55. The molecule has 0 atom stereocenters. The van der Waals surface area contributed by atoms with Gasteiger partial charge >= 0.3 is 0 Å². The first-order valence-electron chi connectivity index (χ1n) is 6.76. The van der Waals surface area contributed by atoms with Gasteiger partial charge in [-0.05, 0) is 41.8 Å². The maximum Gasteiger partial charge on any atom is 0.235 e. The number of isocyanates is 1. The Balaban J connectivity index is 2.58. The van der Waals surface area contributed by atoms with Crippen LogP contribution in [0.4, 0.5) is 0 Å². The minimum absolute atomic E-state index is 0.499. The third-order valence-electron chi connectivity index (χ3n) is 3.75. The molecule has 1 saturated carbocycles. The molecule has 108 valence electrons. The van der Waals surface area contributed by atoms with Gasteiger partial charge in [0.25, 0.3) is 0 Å². The lowest BCUT2D eigenvalue weighted by molar-refractivity contribution is 0.318. The molecule has 0 saturated heterocycles. The van der Waals surface area contributed by atoms with Gasteiger partial charge in [-0.3, -0.25) is 0 Å². The number of aliphatic imine (C=N–C) groups is 1. The Hall–Kier alpha value is -1.32. The lowest BCUT2D eigenvalue weighted by Crippen LogP contribution is -2.20. The van der Waals surface area contributed by atoms with Crippen LogP contribution in [-0.2, 0) is 10.3 Å². The summed E-state index contributed by atoms with van der Waals surface area (Å²) in [6, 6.07) is 3.80. The summed E-state index contributed by atoms with van der Waals surface area (Å²) in [6.45, 7) is 2.49. The van der Waals surface area contributed by atoms with E-state index in [-0.39, 0.29) is 0 Å². The van der Waals surface area contributed by atoms with E-state index in [0.29, 0.717) is 12.4 Å². The third kappa shape index (κ3) is 2.74. The molecule has 4 nitrogen and oxygen atoms in total. The van der Waals surface area contributed by atoms with Crippen molar-refractivity contribution in [2.24, 2.45) is 4.99 Å². The molecule has 1 aromatic carbocycles. The molecule has 2 rings (SSSR count). The van der Waals surface area contributed by atoms with Crippen LogP contribution in [0.3, 0.4) is 0 Å². The second kappa shape index (κ2) is 6.42. The van der Waals surface area contributed by atoms with Gasteiger partial charge in [-0.15, -0.1) is 0 Å². The first-order valence-corrected chi connectivity index (χ1v) is 7.56. The maximum atomic E-state index is 10.8. The topological polar surface area (TPSA) is 47.9 Å². The Kier molecular flexibility index (Phi) is 4.84. The molecule has 0 unspecified atom stereocenters. The number of hydrogen-bond donors (Lipinski definition) is 0. The van der Waals surface area contributed by atoms with Crippen molar-refractivity contribution in [2.45, 2.75) is 38.1 Å². The fraction of sp³-hybridized carbons (Fsp3) is 0.533. The van der Waals surface area contributed by atoms with Crippen LogP contribution < -0.4 is 9.47 Å². The predicted octanol–water partition coefficient (Wildman–Crippen LogP) is 3.96. The minimum atomic E-state index is -0.499. The van der Waals surface area contributed by atoms with E-state index in [1.807, 2.05) is 19.1 Å². The minimum Gasteiger partial charge on any atom is -0.495 e. The van der Waals surface area contributed by atoms with Gasteiger partial charge < -0.3 is 9.47 Å². The number of hydrogen-bond acceptors (Lipinski definition) is 4. The van der Waals surface area contributed by atoms with E-state index in [2.05, 4.69) is 20.9 Å². The summed E-state index contributed by atoms with van der Waals surface area (Å²) in [5, 5.41) is 0. The Morgan fingerprint density at radius 1 is 1.35 bits per heavy atom. The van der Waals surface area contributed by atoms with Gasteiger partial charge in [0.05, 0.1) is 18.2 Å². The largest absolute Gasteiger partial charge is 0.495 e. The zero-order chi connectivity index (χ0) is 14.6. The Bertz CT molecular complexity index is 532. The highest BCUT2D eigenvalue weighted by molar-refractivity contribution is 9.10. The second-order valence-corrected chi connectivity index (χ2v) is 5.71. The van der Waals surface area contributed by atoms with E-state index in [4.69, 9.17) is 9.47 Å². The Morgan fingerprint density at radius 2 is 2.05 bits per heavy atom. The number of rotatable bonds is 5. The van der Waals surface area contributed by atoms with Crippen molar-refractivity contribution in [3.63, 3.8) is 0 Å². The van der Waals surface area contributed by atoms with Gasteiger partial charge in [0.2, 0.25) is 6.08 Å². The zero-order valence-corrected chi connectivity index (χ0v) is 13.3. The van der Waals surface area contributed by atoms with Gasteiger partial charge in [0.1, 0.15) is 17.0 Å². The first-order chi connectivity index (χ1) is 9.66. The van der Waals surface area contributed by atoms with Gasteiger partial charge in [0, 0.05) is 11.6 Å². The van der Waals surface area contributed by atoms with Crippen LogP contribution >= 0.6 is 15.9 Å². The average molecular weight is 340 g/mol. The number of ether oxygens (including phenoxy) is 2. The van der Waals surface area contributed by atoms with E-state index < -0.39 is 5.54 Å². The number of carbonyl (C=O) groups excluding carboxylic acids is 1. The predicted molar refractivity (Wildman–Crippen MR) is 80.1 cm³/mol. The molecule has 0 amide bonds. The normalized spacial score (nSPS) is 16.6. The molecule has 20 heavy (non-hydrogen) atoms. The number of methoxy groups -OCH3 is 1. The molecule has 0 radical (unpaired) electrons. The van der Waals surface area contributed by atoms with Crippen molar-refractivity contribution in [3.05, 3.63) is 22.2 Å². The van der Waals surface area contributed by atoms with E-state index in [1.165, 1.54) is 0 Å². The van der Waals surface area contributed by atoms with E-state index in [1.54, 1.807) is 13.2 Å². The van der Waals surface area contributed by atoms with Gasteiger partial charge in [-0.2, -0.15) is 4.99 Å². The SMILES string of the molecule is CCOc1cc(OC)c(Br)cc1C1(N=C=O)CCCC1. The molecule has 1 aliphatic carbocycles. The molecular formula is C15H18BrNO3. The molecule has 0 heterocycles. The quantitative estimate of drug-likeness (QED) is 0.602. The second-order valence-electron chi connectivity index (χ2n) is 4.86. The zero-order valence-electron chi connectivity index (χ0n) is 11.7. The van der Waals surface area contributed by atoms with E-state index in [9.17, 15) is 4.79 Å². The third-order valence-corrected chi connectivity index (χ3v) is 4.37. The number of benzene rings is 1. The number of halogens is 1. The summed E-state index contributed by atoms with van der Waals surface area (Å²) in [7, 11) is 1.62. The molecule has 5 heteroatoms. The highest BCUT2D eigenvalue weighted by Crippen LogP contribution is 2.48. The van der Waals surface area contributed by atoms with E-state index >= 15 is 0 Å². The van der Waals surface area contributed by atoms with Crippen LogP contribution in [0.15, 0.2) is 21.6 Å². The molecule has 1 fully saturated rings. The molecule has 0 aromatic heterocycles. The molecule has 1 aromatic rings. The standard InChI is InChI=1S/C15H18BrNO3/c1-3-20-13-9-14(19-2)12(16)8-11(13)15(17-10-18)6-4-5-7-15/h8-9H,3-7H2,1-2H3. The number of nitrogens with zero attached hydrogens (tertiary/aromatic N) is 1. The maximum absolute atomic E-state index is 10.8. The van der Waals surface area contributed by atoms with Crippen LogP contribution in [-0.4, -0.2) is 19.8 Å². The Morgan fingerprint density at radius 3 is 2.60 bits per heavy atom. The highest BCUT2D eigenvalue weighted by atomic mass is 79.9. The van der Waals surface area contributed by atoms with Crippen molar-refractivity contribution in [1.82, 2.24) is 0 Å². The highest BCUT2D eigenvalue weighted by Gasteiger charge is 2.38. The van der Waals surface area contributed by atoms with Crippen molar-refractivity contribution < 1.29 is 14.3 Å². The lowest BCUT2D eigenvalue weighted by atomic mass is 9.88. The summed E-state index contributed by atoms with van der Waals surface area (Å²) < 4.78 is 11.9. The average Bonchev–Trinajstić information content (AvgIpc) is 2.90. The fourth-order valence-electron chi connectivity index (χ4n) is 2.82. The summed E-state index contributed by atoms with van der Waals surface area (Å²) in [5.41, 5.74) is 0.439. The molecule has 1 aliphatic rings. The van der Waals surface area contributed by atoms with Crippen LogP contribution in [0.2, 0.25) is 0 Å². The summed E-state index contributed by atoms with van der Waals surface area (Å²) in [4.78, 5) is 15.0. The monoisotopic (exact) mass is 339 g/mol. The van der Waals surface area contributed by atoms with Gasteiger partial charge in [-0.1, -0.05) is 12.8 Å². The van der Waals surface area contributed by atoms with Crippen LogP contribution in [0.25, 0.3) is 0 Å². The summed E-state index contributed by atoms with van der Waals surface area (Å²) in [5.74, 6) is 1.44. The first kappa shape index (κ1) is 15.1. The molecule has 0 aliphatic heterocycles. The molecule has 0 spiro atoms. The lowest BCUT2D eigenvalue weighted by Gasteiger charge is -2.26. The van der Waals surface area contributed by atoms with Crippen molar-refractivity contribution in [2.75, 3.05) is 13.7 Å². The van der Waals surface area contributed by atoms with Crippen molar-refractivity contribution >= 4 is 22.0 Å². The van der Waals surface area contributed by atoms with Gasteiger partial charge in [0.15, 0.2) is 0 Å². The molecule has 0 N–H and O–H groups in total. The molecule has 0 bridgehead atoms. The van der Waals surface area contributed by atoms with Crippen molar-refractivity contribution in [3.8, 4) is 11.5 Å². The summed E-state index contributed by atoms with van der Waals surface area (Å²) >= 11 is 3.49. The van der Waals surface area contributed by atoms with Crippen LogP contribution in [0, 0.1) is 0 Å². The fourth-order valence-corrected chi connectivity index (χ4v) is 3.32. The van der Waals surface area contributed by atoms with Crippen LogP contribution in [0.5, 0.6) is 11.5 Å². The molecular weight excluding hydrogens is 322 g/mol. The van der Waals surface area contributed by atoms with E-state index in [0.717, 1.165) is 41.5 Å². The smallest absolute Gasteiger partial charge is 0.235 e. The Labute approximate surface area is 127 Å². The van der Waals surface area contributed by atoms with Gasteiger partial charge in [-0.25, -0.2) is 4.79 Å².